The molecular weight excluding hydrogens is 454 g/mol. The van der Waals surface area contributed by atoms with Gasteiger partial charge in [0.2, 0.25) is 5.11 Å². The third-order valence-electron chi connectivity index (χ3n) is 5.60. The summed E-state index contributed by atoms with van der Waals surface area (Å²) in [5, 5.41) is 4.21. The van der Waals surface area contributed by atoms with Gasteiger partial charge in [-0.25, -0.2) is 4.99 Å². The lowest BCUT2D eigenvalue weighted by atomic mass is 9.89. The largest absolute Gasteiger partial charge is 0.341 e. The highest BCUT2D eigenvalue weighted by molar-refractivity contribution is 9.10. The van der Waals surface area contributed by atoms with E-state index in [2.05, 4.69) is 102 Å². The van der Waals surface area contributed by atoms with Crippen LogP contribution in [0.25, 0.3) is 0 Å². The van der Waals surface area contributed by atoms with Crippen LogP contribution in [0, 0.1) is 13.8 Å². The zero-order valence-electron chi connectivity index (χ0n) is 17.3. The Morgan fingerprint density at radius 1 is 0.933 bits per heavy atom. The number of nitrogens with zero attached hydrogens (tertiary/aromatic N) is 2. The third-order valence-corrected chi connectivity index (χ3v) is 6.41. The molecule has 1 aliphatic rings. The molecule has 152 valence electrons. The van der Waals surface area contributed by atoms with Crippen molar-refractivity contribution < 1.29 is 0 Å². The number of rotatable bonds is 4. The van der Waals surface area contributed by atoms with Crippen LogP contribution < -0.4 is 10.2 Å². The molecule has 0 spiro atoms. The lowest BCUT2D eigenvalue weighted by molar-refractivity contribution is 0.626. The number of aliphatic imine (C=N–C) groups is 1. The number of hydrogen-bond donors (Lipinski definition) is 1. The molecule has 1 aliphatic heterocycles. The van der Waals surface area contributed by atoms with Gasteiger partial charge in [0, 0.05) is 22.3 Å². The van der Waals surface area contributed by atoms with E-state index in [1.807, 2.05) is 18.2 Å². The monoisotopic (exact) mass is 477 g/mol. The van der Waals surface area contributed by atoms with E-state index in [1.165, 1.54) is 16.7 Å². The molecule has 0 aliphatic carbocycles. The first-order chi connectivity index (χ1) is 14.4. The van der Waals surface area contributed by atoms with Crippen molar-refractivity contribution in [1.29, 1.82) is 0 Å². The summed E-state index contributed by atoms with van der Waals surface area (Å²) in [4.78, 5) is 7.01. The molecular formula is C25H24BrN3S. The van der Waals surface area contributed by atoms with Gasteiger partial charge in [-0.1, -0.05) is 64.5 Å². The highest BCUT2D eigenvalue weighted by Crippen LogP contribution is 2.36. The second-order valence-electron chi connectivity index (χ2n) is 7.88. The van der Waals surface area contributed by atoms with Crippen molar-refractivity contribution in [3.63, 3.8) is 0 Å². The topological polar surface area (TPSA) is 27.6 Å². The fourth-order valence-electron chi connectivity index (χ4n) is 4.02. The average Bonchev–Trinajstić information content (AvgIpc) is 2.96. The van der Waals surface area contributed by atoms with Crippen LogP contribution in [-0.2, 0) is 6.42 Å². The number of para-hydroxylation sites is 1. The van der Waals surface area contributed by atoms with Crippen LogP contribution in [0.4, 0.5) is 11.4 Å². The number of nitrogens with one attached hydrogen (secondary N) is 1. The predicted octanol–water partition coefficient (Wildman–Crippen LogP) is 6.68. The molecule has 1 heterocycles. The van der Waals surface area contributed by atoms with Gasteiger partial charge in [-0.05, 0) is 73.9 Å². The molecule has 0 fully saturated rings. The zero-order chi connectivity index (χ0) is 21.3. The second kappa shape index (κ2) is 8.32. The minimum absolute atomic E-state index is 0.443. The van der Waals surface area contributed by atoms with E-state index in [0.717, 1.165) is 28.1 Å². The smallest absolute Gasteiger partial charge is 0.202 e. The van der Waals surface area contributed by atoms with E-state index in [9.17, 15) is 0 Å². The van der Waals surface area contributed by atoms with E-state index >= 15 is 0 Å². The Bertz CT molecular complexity index is 1090. The summed E-state index contributed by atoms with van der Waals surface area (Å²) in [6.45, 7) is 6.44. The number of amidine groups is 1. The normalized spacial score (nSPS) is 18.5. The maximum atomic E-state index is 5.77. The van der Waals surface area contributed by atoms with Crippen LogP contribution in [0.3, 0.4) is 0 Å². The van der Waals surface area contributed by atoms with Gasteiger partial charge in [0.15, 0.2) is 0 Å². The van der Waals surface area contributed by atoms with E-state index in [0.29, 0.717) is 5.11 Å². The van der Waals surface area contributed by atoms with Gasteiger partial charge in [0.25, 0.3) is 0 Å². The van der Waals surface area contributed by atoms with E-state index in [4.69, 9.17) is 17.2 Å². The fraction of sp³-hybridized carbons (Fsp3) is 0.200. The summed E-state index contributed by atoms with van der Waals surface area (Å²) in [5.74, 6) is 0.872. The molecule has 0 saturated heterocycles. The first-order valence-electron chi connectivity index (χ1n) is 9.94. The third kappa shape index (κ3) is 3.92. The SMILES string of the molecule is Cc1cccc(C)c1NC1=NC(=S)N(c2ccc(Br)cc2)[C@@]1(C)Cc1ccccc1. The van der Waals surface area contributed by atoms with Crippen molar-refractivity contribution in [3.8, 4) is 0 Å². The van der Waals surface area contributed by atoms with Crippen molar-refractivity contribution in [3.05, 3.63) is 94.0 Å². The van der Waals surface area contributed by atoms with Crippen LogP contribution in [0.5, 0.6) is 0 Å². The van der Waals surface area contributed by atoms with Crippen molar-refractivity contribution in [1.82, 2.24) is 0 Å². The standard InChI is InChI=1S/C25H24BrN3S/c1-17-8-7-9-18(2)22(17)27-23-25(3,16-19-10-5-4-6-11-19)29(24(30)28-23)21-14-12-20(26)13-15-21/h4-15H,16H2,1-3H3,(H,27,28,30)/t25-/m0/s1. The highest BCUT2D eigenvalue weighted by atomic mass is 79.9. The Balaban J connectivity index is 1.78. The van der Waals surface area contributed by atoms with Crippen LogP contribution in [0.1, 0.15) is 23.6 Å². The molecule has 4 rings (SSSR count). The molecule has 30 heavy (non-hydrogen) atoms. The van der Waals surface area contributed by atoms with E-state index in [-0.39, 0.29) is 0 Å². The molecule has 0 radical (unpaired) electrons. The molecule has 0 saturated carbocycles. The highest BCUT2D eigenvalue weighted by Gasteiger charge is 2.45. The predicted molar refractivity (Wildman–Crippen MR) is 135 cm³/mol. The fourth-order valence-corrected chi connectivity index (χ4v) is 4.68. The van der Waals surface area contributed by atoms with Gasteiger partial charge < -0.3 is 10.2 Å². The molecule has 1 atom stereocenters. The van der Waals surface area contributed by atoms with Crippen molar-refractivity contribution in [2.24, 2.45) is 4.99 Å². The molecule has 5 heteroatoms. The van der Waals surface area contributed by atoms with Gasteiger partial charge >= 0.3 is 0 Å². The van der Waals surface area contributed by atoms with Crippen LogP contribution >= 0.6 is 28.1 Å². The molecule has 3 nitrogen and oxygen atoms in total. The molecule has 0 amide bonds. The average molecular weight is 478 g/mol. The molecule has 0 unspecified atom stereocenters. The number of aryl methyl sites for hydroxylation is 2. The number of halogens is 1. The first kappa shape index (κ1) is 20.8. The first-order valence-corrected chi connectivity index (χ1v) is 11.1. The Morgan fingerprint density at radius 3 is 2.20 bits per heavy atom. The van der Waals surface area contributed by atoms with Gasteiger partial charge in [0.05, 0.1) is 0 Å². The lowest BCUT2D eigenvalue weighted by Gasteiger charge is -2.37. The summed E-state index contributed by atoms with van der Waals surface area (Å²) >= 11 is 9.30. The van der Waals surface area contributed by atoms with Crippen molar-refractivity contribution >= 4 is 50.5 Å². The maximum Gasteiger partial charge on any atom is 0.202 e. The van der Waals surface area contributed by atoms with Crippen LogP contribution in [0.15, 0.2) is 82.3 Å². The molecule has 3 aromatic rings. The van der Waals surface area contributed by atoms with Crippen LogP contribution in [-0.4, -0.2) is 16.5 Å². The summed E-state index contributed by atoms with van der Waals surface area (Å²) < 4.78 is 1.04. The zero-order valence-corrected chi connectivity index (χ0v) is 19.7. The Kier molecular flexibility index (Phi) is 5.76. The van der Waals surface area contributed by atoms with Crippen molar-refractivity contribution in [2.75, 3.05) is 10.2 Å². The minimum Gasteiger partial charge on any atom is -0.341 e. The lowest BCUT2D eigenvalue weighted by Crippen LogP contribution is -2.53. The number of hydrogen-bond acceptors (Lipinski definition) is 2. The maximum absolute atomic E-state index is 5.77. The number of benzene rings is 3. The van der Waals surface area contributed by atoms with Gasteiger partial charge in [-0.15, -0.1) is 0 Å². The molecule has 1 N–H and O–H groups in total. The van der Waals surface area contributed by atoms with Gasteiger partial charge in [0.1, 0.15) is 11.4 Å². The van der Waals surface area contributed by atoms with Crippen molar-refractivity contribution in [2.45, 2.75) is 32.7 Å². The minimum atomic E-state index is -0.443. The number of anilines is 2. The number of thiocarbonyl (C=S) groups is 1. The summed E-state index contributed by atoms with van der Waals surface area (Å²) in [6, 6.07) is 25.1. The van der Waals surface area contributed by atoms with Gasteiger partial charge in [-0.3, -0.25) is 0 Å². The molecule has 3 aromatic carbocycles. The molecule has 0 aromatic heterocycles. The van der Waals surface area contributed by atoms with Crippen LogP contribution in [0.2, 0.25) is 0 Å². The van der Waals surface area contributed by atoms with E-state index < -0.39 is 5.54 Å². The summed E-state index contributed by atoms with van der Waals surface area (Å²) in [6.07, 6.45) is 0.779. The quantitative estimate of drug-likeness (QED) is 0.424. The Morgan fingerprint density at radius 2 is 1.57 bits per heavy atom. The Labute approximate surface area is 192 Å². The summed E-state index contributed by atoms with van der Waals surface area (Å²) in [5.41, 5.74) is 5.30. The molecule has 0 bridgehead atoms. The van der Waals surface area contributed by atoms with Gasteiger partial charge in [-0.2, -0.15) is 0 Å². The Hall–Kier alpha value is -2.50. The summed E-state index contributed by atoms with van der Waals surface area (Å²) in [7, 11) is 0. The van der Waals surface area contributed by atoms with E-state index in [1.54, 1.807) is 0 Å². The second-order valence-corrected chi connectivity index (χ2v) is 9.16.